The van der Waals surface area contributed by atoms with Crippen LogP contribution in [0.5, 0.6) is 5.75 Å². The Hall–Kier alpha value is -2.82. The molecule has 2 aromatic carbocycles. The third-order valence-electron chi connectivity index (χ3n) is 4.93. The molecule has 0 spiro atoms. The number of hydrogen-bond donors (Lipinski definition) is 1. The average molecular weight is 380 g/mol. The molecule has 1 aliphatic heterocycles. The van der Waals surface area contributed by atoms with E-state index >= 15 is 0 Å². The van der Waals surface area contributed by atoms with E-state index < -0.39 is 0 Å². The maximum atomic E-state index is 12.6. The van der Waals surface area contributed by atoms with Gasteiger partial charge >= 0.3 is 0 Å². The largest absolute Gasteiger partial charge is 0.494 e. The van der Waals surface area contributed by atoms with E-state index in [2.05, 4.69) is 26.1 Å². The molecule has 1 fully saturated rings. The van der Waals surface area contributed by atoms with Crippen LogP contribution in [0.25, 0.3) is 0 Å². The van der Waals surface area contributed by atoms with E-state index in [4.69, 9.17) is 4.74 Å². The maximum Gasteiger partial charge on any atom is 0.251 e. The maximum absolute atomic E-state index is 12.6. The molecule has 1 aliphatic rings. The fraction of sp³-hybridized carbons (Fsp3) is 0.391. The summed E-state index contributed by atoms with van der Waals surface area (Å²) in [5.74, 6) is 0.644. The van der Waals surface area contributed by atoms with Crippen LogP contribution in [0.15, 0.2) is 48.5 Å². The molecule has 2 amide bonds. The molecule has 0 saturated carbocycles. The van der Waals surface area contributed by atoms with Crippen LogP contribution in [-0.4, -0.2) is 31.0 Å². The quantitative estimate of drug-likeness (QED) is 0.855. The van der Waals surface area contributed by atoms with Crippen molar-refractivity contribution in [3.63, 3.8) is 0 Å². The molecule has 28 heavy (non-hydrogen) atoms. The lowest BCUT2D eigenvalue weighted by Gasteiger charge is -2.19. The fourth-order valence-corrected chi connectivity index (χ4v) is 3.33. The van der Waals surface area contributed by atoms with Gasteiger partial charge < -0.3 is 15.0 Å². The van der Waals surface area contributed by atoms with Crippen molar-refractivity contribution in [3.05, 3.63) is 59.7 Å². The summed E-state index contributed by atoms with van der Waals surface area (Å²) < 4.78 is 5.44. The molecule has 5 nitrogen and oxygen atoms in total. The van der Waals surface area contributed by atoms with Gasteiger partial charge in [0.25, 0.3) is 5.91 Å². The highest BCUT2D eigenvalue weighted by atomic mass is 16.5. The van der Waals surface area contributed by atoms with Crippen molar-refractivity contribution in [3.8, 4) is 5.75 Å². The standard InChI is InChI=1S/C23H28N2O3/c1-5-28-20-12-10-19(11-13-20)25-15-18(14-21(25)26)24-22(27)16-6-8-17(9-7-16)23(2,3)4/h6-13,18H,5,14-15H2,1-4H3,(H,24,27)/t18-/m0/s1. The molecule has 3 rings (SSSR count). The van der Waals surface area contributed by atoms with Crippen molar-refractivity contribution in [1.82, 2.24) is 5.32 Å². The Morgan fingerprint density at radius 3 is 2.32 bits per heavy atom. The van der Waals surface area contributed by atoms with Gasteiger partial charge in [0.2, 0.25) is 5.91 Å². The Labute approximate surface area is 166 Å². The van der Waals surface area contributed by atoms with Gasteiger partial charge in [-0.1, -0.05) is 32.9 Å². The van der Waals surface area contributed by atoms with Crippen LogP contribution < -0.4 is 15.0 Å². The number of anilines is 1. The average Bonchev–Trinajstić information content (AvgIpc) is 3.02. The van der Waals surface area contributed by atoms with Crippen LogP contribution in [0.3, 0.4) is 0 Å². The van der Waals surface area contributed by atoms with Gasteiger partial charge in [-0.05, 0) is 54.3 Å². The molecular formula is C23H28N2O3. The SMILES string of the molecule is CCOc1ccc(N2C[C@@H](NC(=O)c3ccc(C(C)(C)C)cc3)CC2=O)cc1. The lowest BCUT2D eigenvalue weighted by atomic mass is 9.86. The first-order valence-corrected chi connectivity index (χ1v) is 9.72. The fourth-order valence-electron chi connectivity index (χ4n) is 3.33. The summed E-state index contributed by atoms with van der Waals surface area (Å²) in [5, 5.41) is 2.99. The number of nitrogens with zero attached hydrogens (tertiary/aromatic N) is 1. The predicted molar refractivity (Wildman–Crippen MR) is 111 cm³/mol. The molecule has 1 saturated heterocycles. The Balaban J connectivity index is 1.62. The highest BCUT2D eigenvalue weighted by Gasteiger charge is 2.31. The smallest absolute Gasteiger partial charge is 0.251 e. The lowest BCUT2D eigenvalue weighted by molar-refractivity contribution is -0.117. The minimum Gasteiger partial charge on any atom is -0.494 e. The Morgan fingerprint density at radius 1 is 1.11 bits per heavy atom. The molecule has 148 valence electrons. The number of carbonyl (C=O) groups excluding carboxylic acids is 2. The normalized spacial score (nSPS) is 16.9. The van der Waals surface area contributed by atoms with Gasteiger partial charge in [-0.25, -0.2) is 0 Å². The third kappa shape index (κ3) is 4.53. The van der Waals surface area contributed by atoms with Gasteiger partial charge in [-0.2, -0.15) is 0 Å². The van der Waals surface area contributed by atoms with Crippen LogP contribution in [-0.2, 0) is 10.2 Å². The van der Waals surface area contributed by atoms with E-state index in [9.17, 15) is 9.59 Å². The molecular weight excluding hydrogens is 352 g/mol. The van der Waals surface area contributed by atoms with E-state index in [1.807, 2.05) is 55.5 Å². The van der Waals surface area contributed by atoms with E-state index in [0.717, 1.165) is 11.4 Å². The van der Waals surface area contributed by atoms with Gasteiger partial charge in [0.15, 0.2) is 0 Å². The number of rotatable bonds is 5. The van der Waals surface area contributed by atoms with Crippen LogP contribution in [0.2, 0.25) is 0 Å². The third-order valence-corrected chi connectivity index (χ3v) is 4.93. The monoisotopic (exact) mass is 380 g/mol. The van der Waals surface area contributed by atoms with Crippen molar-refractivity contribution in [2.45, 2.75) is 45.6 Å². The van der Waals surface area contributed by atoms with Crippen LogP contribution in [0, 0.1) is 0 Å². The van der Waals surface area contributed by atoms with Gasteiger partial charge in [-0.3, -0.25) is 9.59 Å². The topological polar surface area (TPSA) is 58.6 Å². The summed E-state index contributed by atoms with van der Waals surface area (Å²) in [6, 6.07) is 14.9. The highest BCUT2D eigenvalue weighted by Crippen LogP contribution is 2.25. The summed E-state index contributed by atoms with van der Waals surface area (Å²) in [4.78, 5) is 26.7. The second-order valence-corrected chi connectivity index (χ2v) is 8.13. The van der Waals surface area contributed by atoms with Gasteiger partial charge in [0.05, 0.1) is 12.6 Å². The zero-order valence-electron chi connectivity index (χ0n) is 17.0. The van der Waals surface area contributed by atoms with Gasteiger partial charge in [0.1, 0.15) is 5.75 Å². The van der Waals surface area contributed by atoms with Crippen molar-refractivity contribution in [2.75, 3.05) is 18.1 Å². The second kappa shape index (κ2) is 8.05. The molecule has 2 aromatic rings. The van der Waals surface area contributed by atoms with E-state index in [1.165, 1.54) is 5.56 Å². The summed E-state index contributed by atoms with van der Waals surface area (Å²) in [6.45, 7) is 9.43. The Kier molecular flexibility index (Phi) is 5.73. The summed E-state index contributed by atoms with van der Waals surface area (Å²) in [7, 11) is 0. The summed E-state index contributed by atoms with van der Waals surface area (Å²) in [6.07, 6.45) is 0.305. The van der Waals surface area contributed by atoms with Crippen LogP contribution >= 0.6 is 0 Å². The Bertz CT molecular complexity index is 836. The minimum atomic E-state index is -0.200. The van der Waals surface area contributed by atoms with Gasteiger partial charge in [-0.15, -0.1) is 0 Å². The molecule has 1 N–H and O–H groups in total. The van der Waals surface area contributed by atoms with Gasteiger partial charge in [0, 0.05) is 24.2 Å². The van der Waals surface area contributed by atoms with Crippen molar-refractivity contribution < 1.29 is 14.3 Å². The van der Waals surface area contributed by atoms with Crippen LogP contribution in [0.1, 0.15) is 50.0 Å². The minimum absolute atomic E-state index is 0.0116. The van der Waals surface area contributed by atoms with Crippen molar-refractivity contribution in [2.24, 2.45) is 0 Å². The molecule has 0 aliphatic carbocycles. The van der Waals surface area contributed by atoms with E-state index in [0.29, 0.717) is 25.1 Å². The number of nitrogens with one attached hydrogen (secondary N) is 1. The molecule has 1 atom stereocenters. The Morgan fingerprint density at radius 2 is 1.75 bits per heavy atom. The van der Waals surface area contributed by atoms with E-state index in [-0.39, 0.29) is 23.3 Å². The highest BCUT2D eigenvalue weighted by molar-refractivity contribution is 5.99. The summed E-state index contributed by atoms with van der Waals surface area (Å²) >= 11 is 0. The predicted octanol–water partition coefficient (Wildman–Crippen LogP) is 3.92. The molecule has 1 heterocycles. The van der Waals surface area contributed by atoms with Crippen LogP contribution in [0.4, 0.5) is 5.69 Å². The number of carbonyl (C=O) groups is 2. The number of ether oxygens (including phenoxy) is 1. The second-order valence-electron chi connectivity index (χ2n) is 8.13. The number of hydrogen-bond acceptors (Lipinski definition) is 3. The van der Waals surface area contributed by atoms with Crippen molar-refractivity contribution >= 4 is 17.5 Å². The lowest BCUT2D eigenvalue weighted by Crippen LogP contribution is -2.37. The number of benzene rings is 2. The zero-order valence-corrected chi connectivity index (χ0v) is 17.0. The first-order valence-electron chi connectivity index (χ1n) is 9.72. The summed E-state index contributed by atoms with van der Waals surface area (Å²) in [5.41, 5.74) is 2.66. The molecule has 0 unspecified atom stereocenters. The first-order chi connectivity index (χ1) is 13.3. The molecule has 0 radical (unpaired) electrons. The number of amides is 2. The first kappa shape index (κ1) is 19.9. The zero-order chi connectivity index (χ0) is 20.3. The van der Waals surface area contributed by atoms with Crippen molar-refractivity contribution in [1.29, 1.82) is 0 Å². The molecule has 0 aromatic heterocycles. The van der Waals surface area contributed by atoms with E-state index in [1.54, 1.807) is 4.90 Å². The molecule has 5 heteroatoms. The molecule has 0 bridgehead atoms.